The Bertz CT molecular complexity index is 431. The smallest absolute Gasteiger partial charge is 0.137 e. The van der Waals surface area contributed by atoms with Gasteiger partial charge in [-0.15, -0.1) is 0 Å². The predicted octanol–water partition coefficient (Wildman–Crippen LogP) is 4.03. The molecule has 0 spiro atoms. The number of rotatable bonds is 8. The van der Waals surface area contributed by atoms with Crippen LogP contribution in [0.5, 0.6) is 0 Å². The van der Waals surface area contributed by atoms with Gasteiger partial charge in [0.15, 0.2) is 0 Å². The van der Waals surface area contributed by atoms with Crippen LogP contribution in [0, 0.1) is 25.7 Å². The summed E-state index contributed by atoms with van der Waals surface area (Å²) >= 11 is 0. The van der Waals surface area contributed by atoms with Crippen molar-refractivity contribution < 1.29 is 0 Å². The van der Waals surface area contributed by atoms with E-state index in [1.807, 2.05) is 6.92 Å². The molecule has 1 aromatic rings. The Morgan fingerprint density at radius 2 is 1.57 bits per heavy atom. The second-order valence-corrected chi connectivity index (χ2v) is 6.69. The normalized spacial score (nSPS) is 11.3. The number of anilines is 2. The van der Waals surface area contributed by atoms with Gasteiger partial charge in [-0.1, -0.05) is 34.6 Å². The van der Waals surface area contributed by atoms with Gasteiger partial charge >= 0.3 is 0 Å². The summed E-state index contributed by atoms with van der Waals surface area (Å²) in [4.78, 5) is 11.7. The molecule has 0 atom stereocenters. The molecule has 0 saturated carbocycles. The molecule has 0 aliphatic heterocycles. The van der Waals surface area contributed by atoms with E-state index in [9.17, 15) is 0 Å². The maximum Gasteiger partial charge on any atom is 0.137 e. The highest BCUT2D eigenvalue weighted by Gasteiger charge is 2.17. The number of aromatic nitrogens is 2. The zero-order valence-electron chi connectivity index (χ0n) is 14.8. The highest BCUT2D eigenvalue weighted by molar-refractivity contribution is 5.58. The van der Waals surface area contributed by atoms with Gasteiger partial charge in [-0.2, -0.15) is 0 Å². The molecule has 120 valence electrons. The average Bonchev–Trinajstić information content (AvgIpc) is 2.37. The molecule has 0 unspecified atom stereocenters. The fourth-order valence-electron chi connectivity index (χ4n) is 2.47. The molecule has 0 amide bonds. The van der Waals surface area contributed by atoms with Crippen LogP contribution in [-0.4, -0.2) is 29.6 Å². The first-order valence-corrected chi connectivity index (χ1v) is 8.19. The Morgan fingerprint density at radius 3 is 2.05 bits per heavy atom. The molecular weight excluding hydrogens is 260 g/mol. The van der Waals surface area contributed by atoms with E-state index in [1.54, 1.807) is 0 Å². The average molecular weight is 292 g/mol. The van der Waals surface area contributed by atoms with Crippen LogP contribution in [0.2, 0.25) is 0 Å². The number of nitrogens with zero attached hydrogens (tertiary/aromatic N) is 3. The van der Waals surface area contributed by atoms with Crippen LogP contribution in [0.1, 0.15) is 52.4 Å². The molecule has 0 fully saturated rings. The van der Waals surface area contributed by atoms with Crippen LogP contribution in [-0.2, 0) is 0 Å². The van der Waals surface area contributed by atoms with E-state index >= 15 is 0 Å². The highest BCUT2D eigenvalue weighted by atomic mass is 15.2. The van der Waals surface area contributed by atoms with Crippen LogP contribution in [0.15, 0.2) is 0 Å². The fourth-order valence-corrected chi connectivity index (χ4v) is 2.47. The number of hydrogen-bond acceptors (Lipinski definition) is 4. The van der Waals surface area contributed by atoms with E-state index < -0.39 is 0 Å². The lowest BCUT2D eigenvalue weighted by atomic mass is 10.1. The zero-order chi connectivity index (χ0) is 16.0. The van der Waals surface area contributed by atoms with E-state index in [0.717, 1.165) is 49.1 Å². The molecule has 0 radical (unpaired) electrons. The third-order valence-corrected chi connectivity index (χ3v) is 3.24. The first-order valence-electron chi connectivity index (χ1n) is 8.19. The number of aryl methyl sites for hydroxylation is 1. The van der Waals surface area contributed by atoms with Crippen molar-refractivity contribution in [3.8, 4) is 0 Å². The van der Waals surface area contributed by atoms with Gasteiger partial charge in [0, 0.05) is 25.2 Å². The molecule has 0 aliphatic carbocycles. The van der Waals surface area contributed by atoms with E-state index in [2.05, 4.69) is 56.7 Å². The summed E-state index contributed by atoms with van der Waals surface area (Å²) in [5.41, 5.74) is 1.16. The minimum atomic E-state index is 0.616. The van der Waals surface area contributed by atoms with Crippen molar-refractivity contribution in [2.75, 3.05) is 29.9 Å². The van der Waals surface area contributed by atoms with Crippen molar-refractivity contribution in [2.45, 2.75) is 54.9 Å². The summed E-state index contributed by atoms with van der Waals surface area (Å²) in [6, 6.07) is 0. The summed E-state index contributed by atoms with van der Waals surface area (Å²) in [5, 5.41) is 3.43. The Kier molecular flexibility index (Phi) is 6.93. The van der Waals surface area contributed by atoms with Gasteiger partial charge in [0.25, 0.3) is 0 Å². The second kappa shape index (κ2) is 8.20. The fraction of sp³-hybridized carbons (Fsp3) is 0.765. The molecule has 0 aromatic carbocycles. The summed E-state index contributed by atoms with van der Waals surface area (Å²) < 4.78 is 0. The molecule has 0 aliphatic rings. The quantitative estimate of drug-likeness (QED) is 0.785. The third-order valence-electron chi connectivity index (χ3n) is 3.24. The summed E-state index contributed by atoms with van der Waals surface area (Å²) in [6.45, 7) is 18.3. The van der Waals surface area contributed by atoms with Crippen LogP contribution in [0.25, 0.3) is 0 Å². The van der Waals surface area contributed by atoms with Gasteiger partial charge in [-0.25, -0.2) is 9.97 Å². The standard InChI is InChI=1S/C17H32N4/c1-8-9-18-16-14(6)17(20-15(7)19-16)21(10-12(2)3)11-13(4)5/h12-13H,8-11H2,1-7H3,(H,18,19,20). The van der Waals surface area contributed by atoms with Crippen molar-refractivity contribution in [3.05, 3.63) is 11.4 Å². The lowest BCUT2D eigenvalue weighted by molar-refractivity contribution is 0.547. The third kappa shape index (κ3) is 5.52. The van der Waals surface area contributed by atoms with Crippen LogP contribution in [0.3, 0.4) is 0 Å². The van der Waals surface area contributed by atoms with Gasteiger partial charge < -0.3 is 10.2 Å². The first kappa shape index (κ1) is 17.7. The largest absolute Gasteiger partial charge is 0.370 e. The molecular formula is C17H32N4. The monoisotopic (exact) mass is 292 g/mol. The van der Waals surface area contributed by atoms with Crippen molar-refractivity contribution >= 4 is 11.6 Å². The van der Waals surface area contributed by atoms with Gasteiger partial charge in [0.05, 0.1) is 0 Å². The van der Waals surface area contributed by atoms with Gasteiger partial charge in [-0.3, -0.25) is 0 Å². The summed E-state index contributed by atoms with van der Waals surface area (Å²) in [7, 11) is 0. The minimum absolute atomic E-state index is 0.616. The Hall–Kier alpha value is -1.32. The maximum atomic E-state index is 4.72. The SMILES string of the molecule is CCCNc1nc(C)nc(N(CC(C)C)CC(C)C)c1C. The Labute approximate surface area is 130 Å². The molecule has 1 heterocycles. The van der Waals surface area contributed by atoms with Crippen LogP contribution in [0.4, 0.5) is 11.6 Å². The van der Waals surface area contributed by atoms with E-state index in [1.165, 1.54) is 0 Å². The molecule has 1 N–H and O–H groups in total. The van der Waals surface area contributed by atoms with Gasteiger partial charge in [0.2, 0.25) is 0 Å². The highest BCUT2D eigenvalue weighted by Crippen LogP contribution is 2.25. The van der Waals surface area contributed by atoms with Crippen molar-refractivity contribution in [1.82, 2.24) is 9.97 Å². The summed E-state index contributed by atoms with van der Waals surface area (Å²) in [6.07, 6.45) is 1.10. The second-order valence-electron chi connectivity index (χ2n) is 6.69. The minimum Gasteiger partial charge on any atom is -0.370 e. The van der Waals surface area contributed by atoms with E-state index in [0.29, 0.717) is 11.8 Å². The molecule has 21 heavy (non-hydrogen) atoms. The lowest BCUT2D eigenvalue weighted by Gasteiger charge is -2.29. The van der Waals surface area contributed by atoms with Crippen molar-refractivity contribution in [1.29, 1.82) is 0 Å². The number of nitrogens with one attached hydrogen (secondary N) is 1. The Morgan fingerprint density at radius 1 is 1.00 bits per heavy atom. The van der Waals surface area contributed by atoms with Crippen molar-refractivity contribution in [3.63, 3.8) is 0 Å². The molecule has 1 aromatic heterocycles. The van der Waals surface area contributed by atoms with Crippen molar-refractivity contribution in [2.24, 2.45) is 11.8 Å². The molecule has 0 bridgehead atoms. The predicted molar refractivity (Wildman–Crippen MR) is 92.2 cm³/mol. The van der Waals surface area contributed by atoms with E-state index in [-0.39, 0.29) is 0 Å². The lowest BCUT2D eigenvalue weighted by Crippen LogP contribution is -2.33. The van der Waals surface area contributed by atoms with Crippen LogP contribution < -0.4 is 10.2 Å². The first-order chi connectivity index (χ1) is 9.85. The molecule has 1 rings (SSSR count). The van der Waals surface area contributed by atoms with Gasteiger partial charge in [-0.05, 0) is 32.1 Å². The van der Waals surface area contributed by atoms with Gasteiger partial charge in [0.1, 0.15) is 17.5 Å². The Balaban J connectivity index is 3.13. The molecule has 4 nitrogen and oxygen atoms in total. The van der Waals surface area contributed by atoms with E-state index in [4.69, 9.17) is 4.98 Å². The van der Waals surface area contributed by atoms with Crippen LogP contribution >= 0.6 is 0 Å². The topological polar surface area (TPSA) is 41.1 Å². The summed E-state index contributed by atoms with van der Waals surface area (Å²) in [5.74, 6) is 4.14. The zero-order valence-corrected chi connectivity index (χ0v) is 14.8. The molecule has 0 saturated heterocycles. The maximum absolute atomic E-state index is 4.72. The number of hydrogen-bond donors (Lipinski definition) is 1. The molecule has 4 heteroatoms.